The van der Waals surface area contributed by atoms with Gasteiger partial charge < -0.3 is 15.4 Å². The minimum Gasteiger partial charge on any atom is -0.494 e. The molecule has 0 aliphatic carbocycles. The number of rotatable bonds is 7. The number of nitrogens with zero attached hydrogens (tertiary/aromatic N) is 1. The summed E-state index contributed by atoms with van der Waals surface area (Å²) in [5, 5.41) is 6.50. The van der Waals surface area contributed by atoms with Crippen molar-refractivity contribution in [2.24, 2.45) is 5.92 Å². The predicted molar refractivity (Wildman–Crippen MR) is 121 cm³/mol. The minimum absolute atomic E-state index is 0.0724. The third-order valence-corrected chi connectivity index (χ3v) is 5.53. The lowest BCUT2D eigenvalue weighted by Gasteiger charge is -2.10. The van der Waals surface area contributed by atoms with Crippen LogP contribution in [0.1, 0.15) is 36.1 Å². The highest BCUT2D eigenvalue weighted by molar-refractivity contribution is 7.17. The molecule has 0 bridgehead atoms. The minimum atomic E-state index is -0.227. The van der Waals surface area contributed by atoms with Crippen LogP contribution in [0.2, 0.25) is 0 Å². The summed E-state index contributed by atoms with van der Waals surface area (Å²) in [6.07, 6.45) is 0. The number of anilines is 2. The number of hydrogen-bond donors (Lipinski definition) is 2. The first kappa shape index (κ1) is 21.5. The van der Waals surface area contributed by atoms with Gasteiger partial charge in [0, 0.05) is 22.9 Å². The first-order valence-electron chi connectivity index (χ1n) is 9.80. The van der Waals surface area contributed by atoms with Gasteiger partial charge in [0.15, 0.2) is 0 Å². The maximum Gasteiger partial charge on any atom is 0.267 e. The fraction of sp³-hybridized carbons (Fsp3) is 0.261. The molecule has 0 fully saturated rings. The number of thiazole rings is 1. The lowest BCUT2D eigenvalue weighted by Crippen LogP contribution is -2.18. The van der Waals surface area contributed by atoms with E-state index in [-0.39, 0.29) is 17.7 Å². The summed E-state index contributed by atoms with van der Waals surface area (Å²) >= 11 is 1.34. The van der Waals surface area contributed by atoms with Gasteiger partial charge in [0.05, 0.1) is 12.3 Å². The fourth-order valence-corrected chi connectivity index (χ4v) is 3.71. The standard InChI is InChI=1S/C23H25N3O3S/c1-5-29-19-11-9-16(10-12-19)23-24-15(4)20(30-23)22(28)26-18-8-6-7-17(13-18)25-21(27)14(2)3/h6-14H,5H2,1-4H3,(H,25,27)(H,26,28). The van der Waals surface area contributed by atoms with Crippen LogP contribution >= 0.6 is 11.3 Å². The summed E-state index contributed by atoms with van der Waals surface area (Å²) in [6.45, 7) is 8.03. The fourth-order valence-electron chi connectivity index (χ4n) is 2.74. The Kier molecular flexibility index (Phi) is 6.84. The Bertz CT molecular complexity index is 1040. The van der Waals surface area contributed by atoms with Crippen LogP contribution in [0.25, 0.3) is 10.6 Å². The second-order valence-corrected chi connectivity index (χ2v) is 8.07. The van der Waals surface area contributed by atoms with Crippen LogP contribution in [-0.4, -0.2) is 23.4 Å². The molecule has 3 aromatic rings. The molecule has 0 saturated carbocycles. The van der Waals surface area contributed by atoms with Gasteiger partial charge in [0.1, 0.15) is 15.6 Å². The molecule has 0 aliphatic heterocycles. The number of ether oxygens (including phenoxy) is 1. The van der Waals surface area contributed by atoms with E-state index >= 15 is 0 Å². The summed E-state index contributed by atoms with van der Waals surface area (Å²) in [5.41, 5.74) is 2.86. The van der Waals surface area contributed by atoms with Gasteiger partial charge in [0.25, 0.3) is 5.91 Å². The van der Waals surface area contributed by atoms with Gasteiger partial charge in [-0.05, 0) is 56.3 Å². The highest BCUT2D eigenvalue weighted by Gasteiger charge is 2.17. The van der Waals surface area contributed by atoms with Crippen LogP contribution in [0.5, 0.6) is 5.75 Å². The van der Waals surface area contributed by atoms with Crippen molar-refractivity contribution in [3.63, 3.8) is 0 Å². The molecule has 0 aliphatic rings. The molecule has 0 saturated heterocycles. The SMILES string of the molecule is CCOc1ccc(-c2nc(C)c(C(=O)Nc3cccc(NC(=O)C(C)C)c3)s2)cc1. The van der Waals surface area contributed by atoms with Gasteiger partial charge in [-0.3, -0.25) is 9.59 Å². The second kappa shape index (κ2) is 9.54. The van der Waals surface area contributed by atoms with Crippen molar-refractivity contribution in [1.29, 1.82) is 0 Å². The van der Waals surface area contributed by atoms with E-state index in [0.717, 1.165) is 16.3 Å². The van der Waals surface area contributed by atoms with E-state index < -0.39 is 0 Å². The van der Waals surface area contributed by atoms with Crippen molar-refractivity contribution in [3.05, 3.63) is 59.1 Å². The Morgan fingerprint density at radius 3 is 2.37 bits per heavy atom. The van der Waals surface area contributed by atoms with Crippen LogP contribution in [0.3, 0.4) is 0 Å². The quantitative estimate of drug-likeness (QED) is 0.536. The van der Waals surface area contributed by atoms with E-state index in [1.54, 1.807) is 24.3 Å². The first-order chi connectivity index (χ1) is 14.4. The van der Waals surface area contributed by atoms with Crippen LogP contribution in [0.15, 0.2) is 48.5 Å². The van der Waals surface area contributed by atoms with E-state index in [4.69, 9.17) is 4.74 Å². The monoisotopic (exact) mass is 423 g/mol. The molecule has 0 unspecified atom stereocenters. The summed E-state index contributed by atoms with van der Waals surface area (Å²) in [4.78, 5) is 29.8. The lowest BCUT2D eigenvalue weighted by atomic mass is 10.2. The average Bonchev–Trinajstić information content (AvgIpc) is 3.11. The number of hydrogen-bond acceptors (Lipinski definition) is 5. The zero-order valence-corrected chi connectivity index (χ0v) is 18.3. The van der Waals surface area contributed by atoms with Crippen LogP contribution in [-0.2, 0) is 4.79 Å². The molecule has 2 amide bonds. The molecule has 1 heterocycles. The Morgan fingerprint density at radius 2 is 1.73 bits per heavy atom. The number of carbonyl (C=O) groups is 2. The molecule has 6 nitrogen and oxygen atoms in total. The third kappa shape index (κ3) is 5.24. The summed E-state index contributed by atoms with van der Waals surface area (Å²) in [7, 11) is 0. The van der Waals surface area contributed by atoms with E-state index in [0.29, 0.717) is 28.6 Å². The molecular weight excluding hydrogens is 398 g/mol. The van der Waals surface area contributed by atoms with E-state index in [1.165, 1.54) is 11.3 Å². The van der Waals surface area contributed by atoms with E-state index in [9.17, 15) is 9.59 Å². The largest absolute Gasteiger partial charge is 0.494 e. The molecule has 0 atom stereocenters. The smallest absolute Gasteiger partial charge is 0.267 e. The summed E-state index contributed by atoms with van der Waals surface area (Å²) in [6, 6.07) is 14.8. The van der Waals surface area contributed by atoms with Crippen LogP contribution in [0.4, 0.5) is 11.4 Å². The summed E-state index contributed by atoms with van der Waals surface area (Å²) in [5.74, 6) is 0.382. The van der Waals surface area contributed by atoms with Crippen molar-refractivity contribution in [1.82, 2.24) is 4.98 Å². The Labute approximate surface area is 180 Å². The van der Waals surface area contributed by atoms with Crippen molar-refractivity contribution >= 4 is 34.5 Å². The number of benzene rings is 2. The highest BCUT2D eigenvalue weighted by atomic mass is 32.1. The molecule has 2 N–H and O–H groups in total. The second-order valence-electron chi connectivity index (χ2n) is 7.07. The van der Waals surface area contributed by atoms with E-state index in [1.807, 2.05) is 52.0 Å². The Hall–Kier alpha value is -3.19. The van der Waals surface area contributed by atoms with Gasteiger partial charge >= 0.3 is 0 Å². The van der Waals surface area contributed by atoms with Crippen molar-refractivity contribution in [3.8, 4) is 16.3 Å². The molecule has 3 rings (SSSR count). The molecular formula is C23H25N3O3S. The number of aromatic nitrogens is 1. The molecule has 7 heteroatoms. The van der Waals surface area contributed by atoms with Crippen molar-refractivity contribution in [2.75, 3.05) is 17.2 Å². The van der Waals surface area contributed by atoms with Crippen molar-refractivity contribution < 1.29 is 14.3 Å². The number of amides is 2. The third-order valence-electron chi connectivity index (χ3n) is 4.33. The molecule has 0 radical (unpaired) electrons. The van der Waals surface area contributed by atoms with Gasteiger partial charge in [-0.15, -0.1) is 11.3 Å². The zero-order valence-electron chi connectivity index (χ0n) is 17.5. The molecule has 1 aromatic heterocycles. The number of aryl methyl sites for hydroxylation is 1. The van der Waals surface area contributed by atoms with Crippen molar-refractivity contribution in [2.45, 2.75) is 27.7 Å². The molecule has 30 heavy (non-hydrogen) atoms. The number of carbonyl (C=O) groups excluding carboxylic acids is 2. The molecule has 0 spiro atoms. The number of nitrogens with one attached hydrogen (secondary N) is 2. The first-order valence-corrected chi connectivity index (χ1v) is 10.6. The van der Waals surface area contributed by atoms with Crippen LogP contribution < -0.4 is 15.4 Å². The predicted octanol–water partition coefficient (Wildman–Crippen LogP) is 5.36. The lowest BCUT2D eigenvalue weighted by molar-refractivity contribution is -0.118. The topological polar surface area (TPSA) is 80.3 Å². The Morgan fingerprint density at radius 1 is 1.07 bits per heavy atom. The maximum atomic E-state index is 12.8. The molecule has 2 aromatic carbocycles. The van der Waals surface area contributed by atoms with E-state index in [2.05, 4.69) is 15.6 Å². The molecule has 156 valence electrons. The Balaban J connectivity index is 1.74. The van der Waals surface area contributed by atoms with Gasteiger partial charge in [-0.25, -0.2) is 4.98 Å². The normalized spacial score (nSPS) is 10.7. The summed E-state index contributed by atoms with van der Waals surface area (Å²) < 4.78 is 5.47. The van der Waals surface area contributed by atoms with Gasteiger partial charge in [-0.2, -0.15) is 0 Å². The maximum absolute atomic E-state index is 12.8. The van der Waals surface area contributed by atoms with Gasteiger partial charge in [-0.1, -0.05) is 19.9 Å². The highest BCUT2D eigenvalue weighted by Crippen LogP contribution is 2.30. The van der Waals surface area contributed by atoms with Crippen LogP contribution in [0, 0.1) is 12.8 Å². The zero-order chi connectivity index (χ0) is 21.7. The average molecular weight is 424 g/mol. The van der Waals surface area contributed by atoms with Gasteiger partial charge in [0.2, 0.25) is 5.91 Å².